The molecule has 1 aliphatic heterocycles. The van der Waals surface area contributed by atoms with Gasteiger partial charge in [-0.3, -0.25) is 4.79 Å². The van der Waals surface area contributed by atoms with Crippen molar-refractivity contribution in [1.82, 2.24) is 19.9 Å². The fraction of sp³-hybridized carbons (Fsp3) is 0.727. The molecule has 7 heteroatoms. The summed E-state index contributed by atoms with van der Waals surface area (Å²) >= 11 is 0. The van der Waals surface area contributed by atoms with E-state index in [1.807, 2.05) is 4.90 Å². The quantitative estimate of drug-likeness (QED) is 0.772. The molecule has 2 N–H and O–H groups in total. The lowest BCUT2D eigenvalue weighted by molar-refractivity contribution is -0.140. The Labute approximate surface area is 106 Å². The highest BCUT2D eigenvalue weighted by molar-refractivity contribution is 5.76. The van der Waals surface area contributed by atoms with Crippen LogP contribution in [0.2, 0.25) is 0 Å². The Hall–Kier alpha value is -1.47. The molecule has 2 rings (SSSR count). The number of hydrogen-bond donors (Lipinski definition) is 1. The van der Waals surface area contributed by atoms with Crippen LogP contribution < -0.4 is 5.73 Å². The summed E-state index contributed by atoms with van der Waals surface area (Å²) < 4.78 is 6.91. The number of morpholine rings is 1. The first-order valence-corrected chi connectivity index (χ1v) is 6.21. The van der Waals surface area contributed by atoms with Gasteiger partial charge in [-0.15, -0.1) is 5.10 Å². The van der Waals surface area contributed by atoms with Gasteiger partial charge in [0.25, 0.3) is 0 Å². The summed E-state index contributed by atoms with van der Waals surface area (Å²) in [5.41, 5.74) is 6.14. The summed E-state index contributed by atoms with van der Waals surface area (Å²) in [5, 5.41) is 7.75. The molecule has 1 aromatic heterocycles. The van der Waals surface area contributed by atoms with Crippen LogP contribution >= 0.6 is 0 Å². The molecule has 0 bridgehead atoms. The standard InChI is InChI=1S/C11H19N5O2/c1-2-10-8-18-4-3-16(10)11(17)7-15-6-9(5-12)13-14-15/h6,10H,2-5,7-8,12H2,1H3. The topological polar surface area (TPSA) is 86.3 Å². The molecule has 1 fully saturated rings. The molecule has 1 saturated heterocycles. The number of rotatable bonds is 4. The van der Waals surface area contributed by atoms with Crippen LogP contribution in [0, 0.1) is 0 Å². The zero-order chi connectivity index (χ0) is 13.0. The number of nitrogens with two attached hydrogens (primary N) is 1. The minimum absolute atomic E-state index is 0.0543. The molecule has 7 nitrogen and oxygen atoms in total. The molecule has 1 unspecified atom stereocenters. The second kappa shape index (κ2) is 5.92. The van der Waals surface area contributed by atoms with Crippen molar-refractivity contribution < 1.29 is 9.53 Å². The Morgan fingerprint density at radius 2 is 2.50 bits per heavy atom. The zero-order valence-corrected chi connectivity index (χ0v) is 10.6. The van der Waals surface area contributed by atoms with Crippen molar-refractivity contribution in [2.45, 2.75) is 32.5 Å². The molecule has 0 aromatic carbocycles. The third-order valence-electron chi connectivity index (χ3n) is 3.11. The van der Waals surface area contributed by atoms with Gasteiger partial charge in [0.2, 0.25) is 5.91 Å². The van der Waals surface area contributed by atoms with Gasteiger partial charge in [-0.05, 0) is 6.42 Å². The lowest BCUT2D eigenvalue weighted by Crippen LogP contribution is -2.49. The highest BCUT2D eigenvalue weighted by Crippen LogP contribution is 2.11. The van der Waals surface area contributed by atoms with E-state index in [0.717, 1.165) is 6.42 Å². The maximum Gasteiger partial charge on any atom is 0.244 e. The first-order chi connectivity index (χ1) is 8.74. The predicted molar refractivity (Wildman–Crippen MR) is 64.5 cm³/mol. The molecule has 1 amide bonds. The van der Waals surface area contributed by atoms with E-state index in [9.17, 15) is 4.79 Å². The molecule has 0 saturated carbocycles. The second-order valence-corrected chi connectivity index (χ2v) is 4.34. The SMILES string of the molecule is CCC1COCCN1C(=O)Cn1cc(CN)nn1. The Balaban J connectivity index is 1.97. The number of carbonyl (C=O) groups is 1. The van der Waals surface area contributed by atoms with Gasteiger partial charge in [-0.25, -0.2) is 4.68 Å². The largest absolute Gasteiger partial charge is 0.377 e. The van der Waals surface area contributed by atoms with Gasteiger partial charge in [0.1, 0.15) is 6.54 Å². The first-order valence-electron chi connectivity index (χ1n) is 6.21. The second-order valence-electron chi connectivity index (χ2n) is 4.34. The van der Waals surface area contributed by atoms with Crippen molar-refractivity contribution in [3.05, 3.63) is 11.9 Å². The van der Waals surface area contributed by atoms with E-state index in [-0.39, 0.29) is 18.5 Å². The van der Waals surface area contributed by atoms with Crippen molar-refractivity contribution in [1.29, 1.82) is 0 Å². The predicted octanol–water partition coefficient (Wildman–Crippen LogP) is -0.626. The van der Waals surface area contributed by atoms with Crippen LogP contribution in [0.1, 0.15) is 19.0 Å². The third kappa shape index (κ3) is 2.85. The zero-order valence-electron chi connectivity index (χ0n) is 10.6. The molecule has 0 spiro atoms. The van der Waals surface area contributed by atoms with Crippen molar-refractivity contribution >= 4 is 5.91 Å². The highest BCUT2D eigenvalue weighted by atomic mass is 16.5. The van der Waals surface area contributed by atoms with E-state index in [0.29, 0.717) is 32.0 Å². The van der Waals surface area contributed by atoms with Crippen LogP contribution in [0.25, 0.3) is 0 Å². The Kier molecular flexibility index (Phi) is 4.27. The van der Waals surface area contributed by atoms with Crippen molar-refractivity contribution in [2.24, 2.45) is 5.73 Å². The van der Waals surface area contributed by atoms with E-state index >= 15 is 0 Å². The van der Waals surface area contributed by atoms with Crippen LogP contribution in [0.5, 0.6) is 0 Å². The lowest BCUT2D eigenvalue weighted by Gasteiger charge is -2.35. The fourth-order valence-electron chi connectivity index (χ4n) is 2.06. The smallest absolute Gasteiger partial charge is 0.244 e. The van der Waals surface area contributed by atoms with Gasteiger partial charge in [0.15, 0.2) is 0 Å². The Morgan fingerprint density at radius 1 is 1.67 bits per heavy atom. The average molecular weight is 253 g/mol. The summed E-state index contributed by atoms with van der Waals surface area (Å²) in [4.78, 5) is 14.1. The van der Waals surface area contributed by atoms with Gasteiger partial charge in [-0.2, -0.15) is 0 Å². The number of ether oxygens (including phenoxy) is 1. The maximum atomic E-state index is 12.2. The summed E-state index contributed by atoms with van der Waals surface area (Å²) in [7, 11) is 0. The van der Waals surface area contributed by atoms with Crippen LogP contribution in [0.15, 0.2) is 6.20 Å². The highest BCUT2D eigenvalue weighted by Gasteiger charge is 2.26. The minimum Gasteiger partial charge on any atom is -0.377 e. The van der Waals surface area contributed by atoms with E-state index in [4.69, 9.17) is 10.5 Å². The van der Waals surface area contributed by atoms with Gasteiger partial charge in [0, 0.05) is 13.1 Å². The van der Waals surface area contributed by atoms with Crippen molar-refractivity contribution in [3.8, 4) is 0 Å². The number of amides is 1. The van der Waals surface area contributed by atoms with Crippen LogP contribution in [-0.4, -0.2) is 51.6 Å². The van der Waals surface area contributed by atoms with E-state index in [1.165, 1.54) is 4.68 Å². The first kappa shape index (κ1) is 13.0. The lowest BCUT2D eigenvalue weighted by atomic mass is 10.2. The van der Waals surface area contributed by atoms with E-state index < -0.39 is 0 Å². The molecule has 1 atom stereocenters. The van der Waals surface area contributed by atoms with Gasteiger partial charge in [-0.1, -0.05) is 12.1 Å². The Bertz CT molecular complexity index is 406. The molecule has 1 aliphatic rings. The maximum absolute atomic E-state index is 12.2. The summed E-state index contributed by atoms with van der Waals surface area (Å²) in [6.07, 6.45) is 2.61. The van der Waals surface area contributed by atoms with E-state index in [1.54, 1.807) is 6.20 Å². The number of nitrogens with zero attached hydrogens (tertiary/aromatic N) is 4. The molecular formula is C11H19N5O2. The average Bonchev–Trinajstić information content (AvgIpc) is 2.86. The van der Waals surface area contributed by atoms with E-state index in [2.05, 4.69) is 17.2 Å². The molecule has 18 heavy (non-hydrogen) atoms. The Morgan fingerprint density at radius 3 is 3.17 bits per heavy atom. The van der Waals surface area contributed by atoms with Crippen molar-refractivity contribution in [2.75, 3.05) is 19.8 Å². The monoisotopic (exact) mass is 253 g/mol. The molecule has 0 radical (unpaired) electrons. The van der Waals surface area contributed by atoms with Crippen LogP contribution in [0.3, 0.4) is 0 Å². The molecule has 1 aromatic rings. The van der Waals surface area contributed by atoms with Crippen molar-refractivity contribution in [3.63, 3.8) is 0 Å². The molecule has 0 aliphatic carbocycles. The normalized spacial score (nSPS) is 20.1. The number of hydrogen-bond acceptors (Lipinski definition) is 5. The number of carbonyl (C=O) groups excluding carboxylic acids is 1. The van der Waals surface area contributed by atoms with Gasteiger partial charge in [0.05, 0.1) is 31.1 Å². The summed E-state index contributed by atoms with van der Waals surface area (Å²) in [6.45, 7) is 4.48. The summed E-state index contributed by atoms with van der Waals surface area (Å²) in [5.74, 6) is 0.0543. The van der Waals surface area contributed by atoms with Gasteiger partial charge >= 0.3 is 0 Å². The molecule has 100 valence electrons. The van der Waals surface area contributed by atoms with Gasteiger partial charge < -0.3 is 15.4 Å². The summed E-state index contributed by atoms with van der Waals surface area (Å²) in [6, 6.07) is 0.170. The van der Waals surface area contributed by atoms with Crippen LogP contribution in [-0.2, 0) is 22.6 Å². The molecular weight excluding hydrogens is 234 g/mol. The fourth-order valence-corrected chi connectivity index (χ4v) is 2.06. The van der Waals surface area contributed by atoms with Crippen LogP contribution in [0.4, 0.5) is 0 Å². The minimum atomic E-state index is 0.0543. The number of aromatic nitrogens is 3. The third-order valence-corrected chi connectivity index (χ3v) is 3.11. The molecule has 2 heterocycles.